The number of hydrogen-bond donors (Lipinski definition) is 3. The monoisotopic (exact) mass is 298 g/mol. The fourth-order valence-electron chi connectivity index (χ4n) is 1.98. The molecule has 0 aliphatic rings. The second-order valence-electron chi connectivity index (χ2n) is 5.00. The van der Waals surface area contributed by atoms with Crippen LogP contribution < -0.4 is 16.6 Å². The van der Waals surface area contributed by atoms with Gasteiger partial charge in [-0.3, -0.25) is 20.4 Å². The number of carbonyl (C=O) groups is 2. The van der Waals surface area contributed by atoms with Crippen LogP contribution in [0.3, 0.4) is 0 Å². The molecular weight excluding hydrogens is 280 g/mol. The average molecular weight is 298 g/mol. The molecule has 1 aromatic heterocycles. The molecule has 2 rings (SSSR count). The summed E-state index contributed by atoms with van der Waals surface area (Å²) in [7, 11) is 0. The number of nitrogens with zero attached hydrogens (tertiary/aromatic N) is 1. The number of benzene rings is 1. The van der Waals surface area contributed by atoms with Gasteiger partial charge in [-0.2, -0.15) is 0 Å². The maximum absolute atomic E-state index is 12.5. The predicted octanol–water partition coefficient (Wildman–Crippen LogP) is 0.803. The number of Topliss-reactive ketones (excluding diaryl/α,β-unsaturated/α-hetero) is 1. The van der Waals surface area contributed by atoms with Crippen molar-refractivity contribution in [1.29, 1.82) is 0 Å². The molecule has 4 N–H and O–H groups in total. The van der Waals surface area contributed by atoms with Crippen molar-refractivity contribution < 1.29 is 9.59 Å². The Kier molecular flexibility index (Phi) is 4.98. The number of pyridine rings is 1. The zero-order valence-corrected chi connectivity index (χ0v) is 12.2. The Morgan fingerprint density at radius 3 is 2.36 bits per heavy atom. The fourth-order valence-corrected chi connectivity index (χ4v) is 1.98. The molecule has 1 aromatic carbocycles. The van der Waals surface area contributed by atoms with Crippen LogP contribution >= 0.6 is 0 Å². The van der Waals surface area contributed by atoms with Crippen molar-refractivity contribution in [3.05, 3.63) is 66.0 Å². The van der Waals surface area contributed by atoms with Crippen molar-refractivity contribution in [3.8, 4) is 0 Å². The Morgan fingerprint density at radius 1 is 1.14 bits per heavy atom. The molecule has 6 heteroatoms. The number of carbonyl (C=O) groups excluding carboxylic acids is 2. The smallest absolute Gasteiger partial charge is 0.249 e. The Morgan fingerprint density at radius 2 is 1.77 bits per heavy atom. The zero-order valence-electron chi connectivity index (χ0n) is 12.2. The standard InChI is InChI=1S/C16H18N4O2/c1-16(20-17,14(21)13-7-9-18-10-8-13)15(22)19-11-12-5-3-2-4-6-12/h2-10,20H,11,17H2,1H3,(H,19,22). The summed E-state index contributed by atoms with van der Waals surface area (Å²) in [5.74, 6) is 4.57. The number of hydrazine groups is 1. The molecule has 1 amide bonds. The first-order chi connectivity index (χ1) is 10.6. The molecule has 114 valence electrons. The molecule has 22 heavy (non-hydrogen) atoms. The summed E-state index contributed by atoms with van der Waals surface area (Å²) in [5, 5.41) is 2.72. The van der Waals surface area contributed by atoms with Gasteiger partial charge in [-0.15, -0.1) is 0 Å². The highest BCUT2D eigenvalue weighted by Gasteiger charge is 2.40. The largest absolute Gasteiger partial charge is 0.350 e. The number of amides is 1. The molecule has 2 aromatic rings. The van der Waals surface area contributed by atoms with Gasteiger partial charge >= 0.3 is 0 Å². The van der Waals surface area contributed by atoms with Crippen LogP contribution in [0.2, 0.25) is 0 Å². The van der Waals surface area contributed by atoms with E-state index in [0.29, 0.717) is 12.1 Å². The van der Waals surface area contributed by atoms with Crippen LogP contribution in [0.5, 0.6) is 0 Å². The van der Waals surface area contributed by atoms with Gasteiger partial charge in [0.2, 0.25) is 5.91 Å². The number of nitrogens with two attached hydrogens (primary N) is 1. The first kappa shape index (κ1) is 15.8. The van der Waals surface area contributed by atoms with Gasteiger partial charge in [-0.25, -0.2) is 5.43 Å². The van der Waals surface area contributed by atoms with E-state index in [1.165, 1.54) is 19.3 Å². The van der Waals surface area contributed by atoms with E-state index in [4.69, 9.17) is 5.84 Å². The molecule has 0 spiro atoms. The van der Waals surface area contributed by atoms with E-state index in [1.54, 1.807) is 12.1 Å². The molecule has 1 unspecified atom stereocenters. The lowest BCUT2D eigenvalue weighted by Crippen LogP contribution is -2.62. The second-order valence-corrected chi connectivity index (χ2v) is 5.00. The maximum atomic E-state index is 12.5. The van der Waals surface area contributed by atoms with E-state index in [2.05, 4.69) is 15.7 Å². The highest BCUT2D eigenvalue weighted by Crippen LogP contribution is 2.13. The summed E-state index contributed by atoms with van der Waals surface area (Å²) in [4.78, 5) is 28.8. The number of rotatable bonds is 6. The summed E-state index contributed by atoms with van der Waals surface area (Å²) in [6, 6.07) is 12.5. The molecular formula is C16H18N4O2. The van der Waals surface area contributed by atoms with E-state index in [0.717, 1.165) is 5.56 Å². The molecule has 0 radical (unpaired) electrons. The first-order valence-corrected chi connectivity index (χ1v) is 6.83. The van der Waals surface area contributed by atoms with E-state index < -0.39 is 17.2 Å². The molecule has 1 atom stereocenters. The SMILES string of the molecule is CC(NN)(C(=O)NCc1ccccc1)C(=O)c1ccncc1. The second kappa shape index (κ2) is 6.93. The van der Waals surface area contributed by atoms with Gasteiger partial charge in [-0.05, 0) is 24.6 Å². The van der Waals surface area contributed by atoms with Crippen molar-refractivity contribution in [2.24, 2.45) is 5.84 Å². The molecule has 0 bridgehead atoms. The van der Waals surface area contributed by atoms with Gasteiger partial charge in [0.25, 0.3) is 0 Å². The molecule has 0 saturated heterocycles. The Labute approximate surface area is 128 Å². The van der Waals surface area contributed by atoms with Crippen LogP contribution in [0.4, 0.5) is 0 Å². The molecule has 1 heterocycles. The van der Waals surface area contributed by atoms with E-state index in [1.807, 2.05) is 30.3 Å². The number of ketones is 1. The summed E-state index contributed by atoms with van der Waals surface area (Å²) in [5.41, 5.74) is 2.09. The molecule has 0 aliphatic carbocycles. The highest BCUT2D eigenvalue weighted by molar-refractivity contribution is 6.17. The summed E-state index contributed by atoms with van der Waals surface area (Å²) < 4.78 is 0. The summed E-state index contributed by atoms with van der Waals surface area (Å²) in [6.45, 7) is 1.77. The van der Waals surface area contributed by atoms with Crippen LogP contribution in [-0.2, 0) is 11.3 Å². The van der Waals surface area contributed by atoms with Gasteiger partial charge in [0, 0.05) is 24.5 Å². The highest BCUT2D eigenvalue weighted by atomic mass is 16.2. The van der Waals surface area contributed by atoms with E-state index >= 15 is 0 Å². The van der Waals surface area contributed by atoms with Crippen LogP contribution in [-0.4, -0.2) is 22.2 Å². The summed E-state index contributed by atoms with van der Waals surface area (Å²) in [6.07, 6.45) is 2.98. The predicted molar refractivity (Wildman–Crippen MR) is 82.6 cm³/mol. The third-order valence-corrected chi connectivity index (χ3v) is 3.44. The maximum Gasteiger partial charge on any atom is 0.249 e. The third-order valence-electron chi connectivity index (χ3n) is 3.44. The van der Waals surface area contributed by atoms with Crippen LogP contribution in [0, 0.1) is 0 Å². The minimum absolute atomic E-state index is 0.320. The quantitative estimate of drug-likeness (QED) is 0.317. The molecule has 6 nitrogen and oxygen atoms in total. The third kappa shape index (κ3) is 3.36. The Balaban J connectivity index is 2.12. The first-order valence-electron chi connectivity index (χ1n) is 6.83. The van der Waals surface area contributed by atoms with Crippen molar-refractivity contribution in [3.63, 3.8) is 0 Å². The average Bonchev–Trinajstić information content (AvgIpc) is 2.59. The van der Waals surface area contributed by atoms with Gasteiger partial charge in [0.05, 0.1) is 0 Å². The lowest BCUT2D eigenvalue weighted by atomic mass is 9.91. The van der Waals surface area contributed by atoms with E-state index in [-0.39, 0.29) is 0 Å². The summed E-state index contributed by atoms with van der Waals surface area (Å²) >= 11 is 0. The molecule has 0 saturated carbocycles. The minimum atomic E-state index is -1.55. The van der Waals surface area contributed by atoms with Crippen molar-refractivity contribution in [2.75, 3.05) is 0 Å². The normalized spacial score (nSPS) is 13.2. The Bertz CT molecular complexity index is 646. The van der Waals surface area contributed by atoms with E-state index in [9.17, 15) is 9.59 Å². The van der Waals surface area contributed by atoms with Crippen molar-refractivity contribution in [1.82, 2.24) is 15.7 Å². The Hall–Kier alpha value is -2.57. The van der Waals surface area contributed by atoms with Crippen molar-refractivity contribution >= 4 is 11.7 Å². The fraction of sp³-hybridized carbons (Fsp3) is 0.188. The lowest BCUT2D eigenvalue weighted by molar-refractivity contribution is -0.125. The van der Waals surface area contributed by atoms with Crippen LogP contribution in [0.15, 0.2) is 54.9 Å². The molecule has 0 fully saturated rings. The van der Waals surface area contributed by atoms with Crippen molar-refractivity contribution in [2.45, 2.75) is 19.0 Å². The molecule has 0 aliphatic heterocycles. The zero-order chi connectivity index (χ0) is 16.0. The number of aromatic nitrogens is 1. The van der Waals surface area contributed by atoms with Crippen LogP contribution in [0.25, 0.3) is 0 Å². The topological polar surface area (TPSA) is 97.1 Å². The van der Waals surface area contributed by atoms with Crippen LogP contribution in [0.1, 0.15) is 22.8 Å². The number of hydrogen-bond acceptors (Lipinski definition) is 5. The van der Waals surface area contributed by atoms with Gasteiger partial charge in [0.1, 0.15) is 0 Å². The van der Waals surface area contributed by atoms with Gasteiger partial charge < -0.3 is 5.32 Å². The number of nitrogens with one attached hydrogen (secondary N) is 2. The lowest BCUT2D eigenvalue weighted by Gasteiger charge is -2.26. The minimum Gasteiger partial charge on any atom is -0.350 e. The van der Waals surface area contributed by atoms with Gasteiger partial charge in [-0.1, -0.05) is 30.3 Å². The van der Waals surface area contributed by atoms with Gasteiger partial charge in [0.15, 0.2) is 11.3 Å².